The number of benzene rings is 1. The Morgan fingerprint density at radius 3 is 2.95 bits per heavy atom. The van der Waals surface area contributed by atoms with Gasteiger partial charge in [-0.1, -0.05) is 29.8 Å². The van der Waals surface area contributed by atoms with Crippen LogP contribution in [-0.2, 0) is 13.5 Å². The molecule has 19 heavy (non-hydrogen) atoms. The van der Waals surface area contributed by atoms with E-state index in [0.717, 1.165) is 6.42 Å². The van der Waals surface area contributed by atoms with Crippen molar-refractivity contribution in [3.63, 3.8) is 0 Å². The Hall–Kier alpha value is -2.37. The van der Waals surface area contributed by atoms with Crippen LogP contribution >= 0.6 is 0 Å². The lowest BCUT2D eigenvalue weighted by Crippen LogP contribution is -2.09. The minimum Gasteiger partial charge on any atom is -0.364 e. The van der Waals surface area contributed by atoms with Crippen LogP contribution in [0.4, 0.5) is 11.6 Å². The molecule has 1 aromatic heterocycles. The van der Waals surface area contributed by atoms with Crippen molar-refractivity contribution < 1.29 is 4.92 Å². The molecule has 2 aromatic rings. The van der Waals surface area contributed by atoms with Crippen LogP contribution in [0.2, 0.25) is 0 Å². The largest absolute Gasteiger partial charge is 0.406 e. The highest BCUT2D eigenvalue weighted by molar-refractivity contribution is 5.52. The molecule has 1 N–H and O–H groups in total. The molecule has 6 heteroatoms. The van der Waals surface area contributed by atoms with E-state index in [2.05, 4.69) is 16.4 Å². The van der Waals surface area contributed by atoms with Gasteiger partial charge in [-0.25, -0.2) is 0 Å². The van der Waals surface area contributed by atoms with E-state index in [1.54, 1.807) is 11.6 Å². The van der Waals surface area contributed by atoms with Crippen molar-refractivity contribution in [1.29, 1.82) is 0 Å². The van der Waals surface area contributed by atoms with Gasteiger partial charge in [-0.05, 0) is 28.8 Å². The Morgan fingerprint density at radius 2 is 2.26 bits per heavy atom. The highest BCUT2D eigenvalue weighted by atomic mass is 16.6. The number of rotatable bonds is 5. The molecular formula is C13H16N4O2. The van der Waals surface area contributed by atoms with Gasteiger partial charge in [0, 0.05) is 13.6 Å². The molecule has 0 unspecified atom stereocenters. The lowest BCUT2D eigenvalue weighted by atomic mass is 10.1. The molecule has 0 atom stereocenters. The Labute approximate surface area is 111 Å². The number of nitrogens with zero attached hydrogens (tertiary/aromatic N) is 3. The van der Waals surface area contributed by atoms with Crippen molar-refractivity contribution >= 4 is 11.6 Å². The lowest BCUT2D eigenvalue weighted by molar-refractivity contribution is -0.388. The van der Waals surface area contributed by atoms with Crippen LogP contribution in [-0.4, -0.2) is 21.0 Å². The summed E-state index contributed by atoms with van der Waals surface area (Å²) in [4.78, 5) is 14.1. The highest BCUT2D eigenvalue weighted by Crippen LogP contribution is 2.20. The third kappa shape index (κ3) is 3.09. The van der Waals surface area contributed by atoms with Gasteiger partial charge >= 0.3 is 5.82 Å². The number of hydrogen-bond donors (Lipinski definition) is 1. The minimum atomic E-state index is -0.477. The number of aromatic nitrogens is 2. The predicted molar refractivity (Wildman–Crippen MR) is 73.2 cm³/mol. The Morgan fingerprint density at radius 1 is 1.47 bits per heavy atom. The average molecular weight is 260 g/mol. The lowest BCUT2D eigenvalue weighted by Gasteiger charge is -2.06. The Bertz CT molecular complexity index is 592. The van der Waals surface area contributed by atoms with Crippen LogP contribution in [0.25, 0.3) is 0 Å². The van der Waals surface area contributed by atoms with E-state index in [1.165, 1.54) is 17.5 Å². The van der Waals surface area contributed by atoms with Crippen LogP contribution < -0.4 is 5.32 Å². The van der Waals surface area contributed by atoms with Crippen LogP contribution in [0, 0.1) is 17.0 Å². The molecule has 0 aliphatic carbocycles. The molecule has 0 radical (unpaired) electrons. The minimum absolute atomic E-state index is 0.133. The normalized spacial score (nSPS) is 10.4. The molecule has 0 amide bonds. The van der Waals surface area contributed by atoms with Gasteiger partial charge in [0.2, 0.25) is 12.1 Å². The summed E-state index contributed by atoms with van der Waals surface area (Å²) in [5, 5.41) is 13.9. The van der Waals surface area contributed by atoms with Crippen molar-refractivity contribution in [3.05, 3.63) is 51.8 Å². The van der Waals surface area contributed by atoms with E-state index in [1.807, 2.05) is 25.1 Å². The van der Waals surface area contributed by atoms with E-state index in [9.17, 15) is 10.1 Å². The van der Waals surface area contributed by atoms with E-state index in [0.29, 0.717) is 12.4 Å². The van der Waals surface area contributed by atoms with Crippen molar-refractivity contribution in [2.75, 3.05) is 11.9 Å². The Kier molecular flexibility index (Phi) is 3.79. The van der Waals surface area contributed by atoms with Crippen LogP contribution in [0.5, 0.6) is 0 Å². The van der Waals surface area contributed by atoms with E-state index in [4.69, 9.17) is 0 Å². The number of nitro groups is 1. The molecule has 0 saturated carbocycles. The molecule has 0 fully saturated rings. The van der Waals surface area contributed by atoms with Crippen molar-refractivity contribution in [3.8, 4) is 0 Å². The van der Waals surface area contributed by atoms with Gasteiger partial charge in [0.25, 0.3) is 0 Å². The van der Waals surface area contributed by atoms with Gasteiger partial charge in [-0.3, -0.25) is 4.57 Å². The zero-order valence-corrected chi connectivity index (χ0v) is 11.0. The molecule has 0 aliphatic heterocycles. The molecular weight excluding hydrogens is 244 g/mol. The molecule has 6 nitrogen and oxygen atoms in total. The van der Waals surface area contributed by atoms with Crippen molar-refractivity contribution in [2.45, 2.75) is 13.3 Å². The number of hydrogen-bond acceptors (Lipinski definition) is 4. The van der Waals surface area contributed by atoms with Gasteiger partial charge in [0.1, 0.15) is 0 Å². The predicted octanol–water partition coefficient (Wildman–Crippen LogP) is 2.29. The standard InChI is InChI=1S/C13H16N4O2/c1-10-4-3-5-11(8-10)6-7-14-12-13(17(18)19)15-9-16(12)2/h3-5,8-9,14H,6-7H2,1-2H3. The third-order valence-electron chi connectivity index (χ3n) is 2.88. The molecule has 0 bridgehead atoms. The molecule has 100 valence electrons. The molecule has 1 aromatic carbocycles. The zero-order chi connectivity index (χ0) is 13.8. The van der Waals surface area contributed by atoms with Gasteiger partial charge < -0.3 is 15.4 Å². The van der Waals surface area contributed by atoms with Gasteiger partial charge in [0.15, 0.2) is 0 Å². The topological polar surface area (TPSA) is 73.0 Å². The second kappa shape index (κ2) is 5.51. The summed E-state index contributed by atoms with van der Waals surface area (Å²) in [5.74, 6) is 0.310. The second-order valence-electron chi connectivity index (χ2n) is 4.45. The summed E-state index contributed by atoms with van der Waals surface area (Å²) in [6, 6.07) is 8.21. The van der Waals surface area contributed by atoms with Gasteiger partial charge in [-0.2, -0.15) is 0 Å². The summed E-state index contributed by atoms with van der Waals surface area (Å²) in [5.41, 5.74) is 2.42. The fourth-order valence-corrected chi connectivity index (χ4v) is 1.95. The third-order valence-corrected chi connectivity index (χ3v) is 2.88. The van der Waals surface area contributed by atoms with Crippen LogP contribution in [0.3, 0.4) is 0 Å². The first kappa shape index (κ1) is 13.1. The number of imidazole rings is 1. The molecule has 0 aliphatic rings. The van der Waals surface area contributed by atoms with Gasteiger partial charge in [-0.15, -0.1) is 0 Å². The fraction of sp³-hybridized carbons (Fsp3) is 0.308. The molecule has 2 rings (SSSR count). The summed E-state index contributed by atoms with van der Waals surface area (Å²) in [6.45, 7) is 2.67. The SMILES string of the molecule is Cc1cccc(CCNc2c([N+](=O)[O-])ncn2C)c1. The maximum atomic E-state index is 10.8. The number of anilines is 1. The number of aryl methyl sites for hydroxylation is 2. The molecule has 0 spiro atoms. The monoisotopic (exact) mass is 260 g/mol. The van der Waals surface area contributed by atoms with E-state index >= 15 is 0 Å². The first-order valence-corrected chi connectivity index (χ1v) is 6.03. The summed E-state index contributed by atoms with van der Waals surface area (Å²) < 4.78 is 1.62. The molecule has 0 saturated heterocycles. The maximum absolute atomic E-state index is 10.8. The van der Waals surface area contributed by atoms with Crippen molar-refractivity contribution in [2.24, 2.45) is 7.05 Å². The fourth-order valence-electron chi connectivity index (χ4n) is 1.95. The highest BCUT2D eigenvalue weighted by Gasteiger charge is 2.19. The van der Waals surface area contributed by atoms with Crippen molar-refractivity contribution in [1.82, 2.24) is 9.55 Å². The quantitative estimate of drug-likeness (QED) is 0.661. The summed E-state index contributed by atoms with van der Waals surface area (Å²) >= 11 is 0. The smallest absolute Gasteiger partial charge is 0.364 e. The summed E-state index contributed by atoms with van der Waals surface area (Å²) in [7, 11) is 1.73. The van der Waals surface area contributed by atoms with E-state index < -0.39 is 4.92 Å². The number of nitrogens with one attached hydrogen (secondary N) is 1. The first-order chi connectivity index (χ1) is 9.08. The Balaban J connectivity index is 2.00. The maximum Gasteiger partial charge on any atom is 0.406 e. The average Bonchev–Trinajstić information content (AvgIpc) is 2.71. The van der Waals surface area contributed by atoms with Gasteiger partial charge in [0.05, 0.1) is 0 Å². The van der Waals surface area contributed by atoms with Crippen LogP contribution in [0.1, 0.15) is 11.1 Å². The zero-order valence-electron chi connectivity index (χ0n) is 11.0. The second-order valence-corrected chi connectivity index (χ2v) is 4.45. The summed E-state index contributed by atoms with van der Waals surface area (Å²) in [6.07, 6.45) is 2.25. The van der Waals surface area contributed by atoms with Crippen LogP contribution in [0.15, 0.2) is 30.6 Å². The molecule has 1 heterocycles. The van der Waals surface area contributed by atoms with E-state index in [-0.39, 0.29) is 5.82 Å². The first-order valence-electron chi connectivity index (χ1n) is 6.03.